The maximum absolute atomic E-state index is 11.8. The maximum atomic E-state index is 11.8. The molecular weight excluding hydrogens is 260 g/mol. The first-order chi connectivity index (χ1) is 9.28. The highest BCUT2D eigenvalue weighted by molar-refractivity contribution is 5.88. The van der Waals surface area contributed by atoms with E-state index in [2.05, 4.69) is 10.1 Å². The number of ether oxygens (including phenoxy) is 1. The Bertz CT molecular complexity index is 361. The molecule has 1 saturated heterocycles. The third-order valence-electron chi connectivity index (χ3n) is 3.60. The highest BCUT2D eigenvalue weighted by Crippen LogP contribution is 2.17. The first-order valence-electron chi connectivity index (χ1n) is 6.93. The average molecular weight is 286 g/mol. The van der Waals surface area contributed by atoms with Crippen molar-refractivity contribution < 1.29 is 14.7 Å². The fourth-order valence-corrected chi connectivity index (χ4v) is 2.06. The lowest BCUT2D eigenvalue weighted by Gasteiger charge is -2.42. The summed E-state index contributed by atoms with van der Waals surface area (Å²) in [6.07, 6.45) is -0.264. The van der Waals surface area contributed by atoms with Crippen LogP contribution in [0.5, 0.6) is 0 Å². The van der Waals surface area contributed by atoms with E-state index in [0.717, 1.165) is 0 Å². The molecule has 1 fully saturated rings. The summed E-state index contributed by atoms with van der Waals surface area (Å²) >= 11 is 0. The number of piperazine rings is 1. The van der Waals surface area contributed by atoms with Crippen LogP contribution in [0, 0.1) is 5.92 Å². The summed E-state index contributed by atoms with van der Waals surface area (Å²) in [6, 6.07) is 0. The normalized spacial score (nSPS) is 18.4. The molecule has 0 saturated carbocycles. The highest BCUT2D eigenvalue weighted by Gasteiger charge is 2.34. The van der Waals surface area contributed by atoms with Crippen molar-refractivity contribution in [3.05, 3.63) is 0 Å². The molecule has 0 radical (unpaired) electrons. The van der Waals surface area contributed by atoms with Crippen molar-refractivity contribution in [2.24, 2.45) is 16.8 Å². The fraction of sp³-hybridized carbons (Fsp3) is 0.846. The molecule has 116 valence electrons. The van der Waals surface area contributed by atoms with Crippen molar-refractivity contribution in [3.8, 4) is 0 Å². The maximum Gasteiger partial charge on any atom is 0.409 e. The van der Waals surface area contributed by atoms with E-state index in [1.54, 1.807) is 4.90 Å². The number of nitrogens with zero attached hydrogens (tertiary/aromatic N) is 3. The Hall–Kier alpha value is -1.50. The van der Waals surface area contributed by atoms with Crippen LogP contribution in [0.2, 0.25) is 0 Å². The van der Waals surface area contributed by atoms with Crippen LogP contribution < -0.4 is 5.73 Å². The van der Waals surface area contributed by atoms with Gasteiger partial charge in [0.05, 0.1) is 12.1 Å². The molecule has 0 aliphatic carbocycles. The topological polar surface area (TPSA) is 91.4 Å². The predicted molar refractivity (Wildman–Crippen MR) is 76.8 cm³/mol. The number of amidine groups is 1. The number of amides is 1. The number of hydrogen-bond donors (Lipinski definition) is 2. The summed E-state index contributed by atoms with van der Waals surface area (Å²) in [5.41, 5.74) is 5.18. The molecule has 1 rings (SSSR count). The Morgan fingerprint density at radius 3 is 2.35 bits per heavy atom. The van der Waals surface area contributed by atoms with E-state index in [0.29, 0.717) is 38.7 Å². The lowest BCUT2D eigenvalue weighted by molar-refractivity contribution is 0.0525. The van der Waals surface area contributed by atoms with E-state index >= 15 is 0 Å². The summed E-state index contributed by atoms with van der Waals surface area (Å²) < 4.78 is 5.21. The van der Waals surface area contributed by atoms with Crippen LogP contribution in [0.1, 0.15) is 27.7 Å². The number of rotatable bonds is 4. The average Bonchev–Trinajstić information content (AvgIpc) is 2.43. The second-order valence-corrected chi connectivity index (χ2v) is 5.99. The summed E-state index contributed by atoms with van der Waals surface area (Å²) in [6.45, 7) is 10.7. The second kappa shape index (κ2) is 6.78. The Morgan fingerprint density at radius 2 is 1.90 bits per heavy atom. The van der Waals surface area contributed by atoms with Crippen LogP contribution in [-0.4, -0.2) is 65.3 Å². The van der Waals surface area contributed by atoms with E-state index in [1.165, 1.54) is 0 Å². The number of hydrogen-bond acceptors (Lipinski definition) is 5. The van der Waals surface area contributed by atoms with Gasteiger partial charge in [0.1, 0.15) is 0 Å². The molecule has 1 aliphatic rings. The van der Waals surface area contributed by atoms with Crippen LogP contribution in [0.3, 0.4) is 0 Å². The molecule has 0 spiro atoms. The molecular formula is C13H26N4O3. The van der Waals surface area contributed by atoms with Crippen molar-refractivity contribution in [2.75, 3.05) is 32.8 Å². The molecule has 3 N–H and O–H groups in total. The van der Waals surface area contributed by atoms with Gasteiger partial charge in [-0.3, -0.25) is 4.90 Å². The summed E-state index contributed by atoms with van der Waals surface area (Å²) in [4.78, 5) is 15.6. The lowest BCUT2D eigenvalue weighted by atomic mass is 10.0. The van der Waals surface area contributed by atoms with Crippen molar-refractivity contribution >= 4 is 11.9 Å². The van der Waals surface area contributed by atoms with Gasteiger partial charge in [-0.1, -0.05) is 19.0 Å². The SMILES string of the molecule is CC(C)COC(=O)N1CCN(C(C)(C)C(N)=NO)CC1. The molecule has 0 aromatic heterocycles. The summed E-state index contributed by atoms with van der Waals surface area (Å²) in [5, 5.41) is 11.9. The van der Waals surface area contributed by atoms with Gasteiger partial charge in [0, 0.05) is 26.2 Å². The third kappa shape index (κ3) is 4.00. The molecule has 0 atom stereocenters. The molecule has 1 amide bonds. The fourth-order valence-electron chi connectivity index (χ4n) is 2.06. The standard InChI is InChI=1S/C13H26N4O3/c1-10(2)9-20-12(18)16-5-7-17(8-6-16)13(3,4)11(14)15-19/h10,19H,5-9H2,1-4H3,(H2,14,15). The number of nitrogens with two attached hydrogens (primary N) is 1. The van der Waals surface area contributed by atoms with Gasteiger partial charge in [0.25, 0.3) is 0 Å². The highest BCUT2D eigenvalue weighted by atomic mass is 16.6. The van der Waals surface area contributed by atoms with Gasteiger partial charge in [-0.05, 0) is 19.8 Å². The summed E-state index contributed by atoms with van der Waals surface area (Å²) in [5.74, 6) is 0.507. The molecule has 1 aliphatic heterocycles. The summed E-state index contributed by atoms with van der Waals surface area (Å²) in [7, 11) is 0. The monoisotopic (exact) mass is 286 g/mol. The van der Waals surface area contributed by atoms with Gasteiger partial charge in [-0.2, -0.15) is 0 Å². The van der Waals surface area contributed by atoms with Gasteiger partial charge >= 0.3 is 6.09 Å². The molecule has 1 heterocycles. The van der Waals surface area contributed by atoms with Crippen molar-refractivity contribution in [1.82, 2.24) is 9.80 Å². The molecule has 0 aromatic rings. The third-order valence-corrected chi connectivity index (χ3v) is 3.60. The Balaban J connectivity index is 2.49. The van der Waals surface area contributed by atoms with E-state index in [9.17, 15) is 4.79 Å². The number of oxime groups is 1. The van der Waals surface area contributed by atoms with Gasteiger partial charge in [0.15, 0.2) is 5.84 Å². The molecule has 20 heavy (non-hydrogen) atoms. The van der Waals surface area contributed by atoms with Gasteiger partial charge < -0.3 is 20.6 Å². The predicted octanol–water partition coefficient (Wildman–Crippen LogP) is 0.922. The Kier molecular flexibility index (Phi) is 5.62. The van der Waals surface area contributed by atoms with Crippen molar-refractivity contribution in [1.29, 1.82) is 0 Å². The largest absolute Gasteiger partial charge is 0.449 e. The van der Waals surface area contributed by atoms with Crippen LogP contribution in [0.4, 0.5) is 4.79 Å². The quantitative estimate of drug-likeness (QED) is 0.347. The lowest BCUT2D eigenvalue weighted by Crippen LogP contribution is -2.60. The molecule has 7 heteroatoms. The first-order valence-corrected chi connectivity index (χ1v) is 6.93. The van der Waals surface area contributed by atoms with E-state index in [-0.39, 0.29) is 11.9 Å². The smallest absolute Gasteiger partial charge is 0.409 e. The first kappa shape index (κ1) is 16.6. The van der Waals surface area contributed by atoms with Crippen molar-refractivity contribution in [2.45, 2.75) is 33.2 Å². The van der Waals surface area contributed by atoms with Crippen LogP contribution in [0.15, 0.2) is 5.16 Å². The minimum atomic E-state index is -0.525. The molecule has 0 unspecified atom stereocenters. The molecule has 7 nitrogen and oxygen atoms in total. The minimum Gasteiger partial charge on any atom is -0.449 e. The van der Waals surface area contributed by atoms with Gasteiger partial charge in [-0.25, -0.2) is 4.79 Å². The molecule has 0 bridgehead atoms. The minimum absolute atomic E-state index is 0.174. The number of carbonyl (C=O) groups is 1. The Labute approximate surface area is 120 Å². The van der Waals surface area contributed by atoms with Crippen LogP contribution >= 0.6 is 0 Å². The van der Waals surface area contributed by atoms with Gasteiger partial charge in [0.2, 0.25) is 0 Å². The zero-order chi connectivity index (χ0) is 15.3. The van der Waals surface area contributed by atoms with Crippen molar-refractivity contribution in [3.63, 3.8) is 0 Å². The van der Waals surface area contributed by atoms with Gasteiger partial charge in [-0.15, -0.1) is 0 Å². The molecule has 0 aromatic carbocycles. The Morgan fingerprint density at radius 1 is 1.35 bits per heavy atom. The van der Waals surface area contributed by atoms with E-state index < -0.39 is 5.54 Å². The van der Waals surface area contributed by atoms with E-state index in [4.69, 9.17) is 15.7 Å². The van der Waals surface area contributed by atoms with Crippen LogP contribution in [-0.2, 0) is 4.74 Å². The second-order valence-electron chi connectivity index (χ2n) is 5.99. The van der Waals surface area contributed by atoms with Crippen LogP contribution in [0.25, 0.3) is 0 Å². The van der Waals surface area contributed by atoms with E-state index in [1.807, 2.05) is 27.7 Å². The zero-order valence-electron chi connectivity index (χ0n) is 12.8. The zero-order valence-corrected chi connectivity index (χ0v) is 12.8. The number of carbonyl (C=O) groups excluding carboxylic acids is 1.